The van der Waals surface area contributed by atoms with Crippen LogP contribution in [-0.4, -0.2) is 0 Å². The van der Waals surface area contributed by atoms with Crippen LogP contribution in [0, 0.1) is 53.4 Å². The van der Waals surface area contributed by atoms with Crippen LogP contribution in [0.4, 0.5) is 0 Å². The molecule has 0 aliphatic rings. The summed E-state index contributed by atoms with van der Waals surface area (Å²) < 4.78 is 0. The Bertz CT molecular complexity index is 646. The molecule has 0 N–H and O–H groups in total. The summed E-state index contributed by atoms with van der Waals surface area (Å²) >= 11 is 0. The molecule has 85 valence electrons. The third-order valence-corrected chi connectivity index (χ3v) is 2.09. The fourth-order valence-corrected chi connectivity index (χ4v) is 1.49. The number of rotatable bonds is 0. The summed E-state index contributed by atoms with van der Waals surface area (Å²) in [6.07, 6.45) is 0. The van der Waals surface area contributed by atoms with Crippen LogP contribution in [-0.2, 0) is 0 Å². The van der Waals surface area contributed by atoms with E-state index in [9.17, 15) is 0 Å². The van der Waals surface area contributed by atoms with Gasteiger partial charge in [0.25, 0.3) is 0 Å². The minimum atomic E-state index is 0.768. The summed E-state index contributed by atoms with van der Waals surface area (Å²) in [5.74, 6) is 23.6. The second-order valence-corrected chi connectivity index (χ2v) is 3.35. The maximum Gasteiger partial charge on any atom is 0.0565 e. The van der Waals surface area contributed by atoms with Gasteiger partial charge in [0.05, 0.1) is 11.1 Å². The Hall–Kier alpha value is -2.54. The lowest BCUT2D eigenvalue weighted by atomic mass is 9.98. The molecule has 0 heteroatoms. The van der Waals surface area contributed by atoms with Crippen molar-refractivity contribution in [2.24, 2.45) is 0 Å². The molecule has 1 radical (unpaired) electrons. The Morgan fingerprint density at radius 2 is 1.39 bits per heavy atom. The molecule has 0 atom stereocenters. The summed E-state index contributed by atoms with van der Waals surface area (Å²) in [6, 6.07) is 5.09. The van der Waals surface area contributed by atoms with Crippen LogP contribution in [0.2, 0.25) is 0 Å². The molecule has 18 heavy (non-hydrogen) atoms. The molecule has 0 fully saturated rings. The summed E-state index contributed by atoms with van der Waals surface area (Å²) in [5.41, 5.74) is 3.27. The third-order valence-electron chi connectivity index (χ3n) is 2.09. The van der Waals surface area contributed by atoms with E-state index in [0.717, 1.165) is 22.3 Å². The second kappa shape index (κ2) is 6.92. The van der Waals surface area contributed by atoms with E-state index in [1.807, 2.05) is 6.07 Å². The van der Waals surface area contributed by atoms with Crippen molar-refractivity contribution in [1.29, 1.82) is 0 Å². The van der Waals surface area contributed by atoms with Gasteiger partial charge in [0.1, 0.15) is 0 Å². The van der Waals surface area contributed by atoms with Crippen LogP contribution in [0.5, 0.6) is 0 Å². The zero-order valence-corrected chi connectivity index (χ0v) is 11.1. The van der Waals surface area contributed by atoms with E-state index in [-0.39, 0.29) is 0 Å². The van der Waals surface area contributed by atoms with E-state index in [2.05, 4.69) is 53.4 Å². The predicted octanol–water partition coefficient (Wildman–Crippen LogP) is 2.97. The SMILES string of the molecule is CC#Cc1[c]c(C#CC)c(C#CC)c(C#CC)c1. The highest BCUT2D eigenvalue weighted by molar-refractivity contribution is 5.62. The second-order valence-electron chi connectivity index (χ2n) is 3.35. The lowest BCUT2D eigenvalue weighted by Crippen LogP contribution is -1.93. The van der Waals surface area contributed by atoms with Crippen LogP contribution in [0.25, 0.3) is 0 Å². The minimum Gasteiger partial charge on any atom is -0.101 e. The topological polar surface area (TPSA) is 0 Å². The maximum atomic E-state index is 3.18. The van der Waals surface area contributed by atoms with Crippen molar-refractivity contribution >= 4 is 0 Å². The number of benzene rings is 1. The van der Waals surface area contributed by atoms with E-state index >= 15 is 0 Å². The first-order valence-corrected chi connectivity index (χ1v) is 5.58. The molecule has 0 aliphatic carbocycles. The van der Waals surface area contributed by atoms with Gasteiger partial charge in [0.15, 0.2) is 0 Å². The zero-order chi connectivity index (χ0) is 13.4. The molecule has 0 saturated carbocycles. The lowest BCUT2D eigenvalue weighted by molar-refractivity contribution is 1.49. The van der Waals surface area contributed by atoms with Crippen LogP contribution in [0.15, 0.2) is 6.07 Å². The van der Waals surface area contributed by atoms with Crippen molar-refractivity contribution in [3.63, 3.8) is 0 Å². The fourth-order valence-electron chi connectivity index (χ4n) is 1.49. The molecule has 1 aromatic rings. The maximum absolute atomic E-state index is 3.18. The van der Waals surface area contributed by atoms with E-state index < -0.39 is 0 Å². The quantitative estimate of drug-likeness (QED) is 0.600. The van der Waals surface area contributed by atoms with Gasteiger partial charge in [-0.2, -0.15) is 0 Å². The van der Waals surface area contributed by atoms with Crippen molar-refractivity contribution < 1.29 is 0 Å². The molecule has 1 aromatic carbocycles. The van der Waals surface area contributed by atoms with Gasteiger partial charge >= 0.3 is 0 Å². The Morgan fingerprint density at radius 1 is 0.778 bits per heavy atom. The van der Waals surface area contributed by atoms with E-state index in [4.69, 9.17) is 0 Å². The Kier molecular flexibility index (Phi) is 5.20. The van der Waals surface area contributed by atoms with E-state index in [1.54, 1.807) is 27.7 Å². The highest BCUT2D eigenvalue weighted by Gasteiger charge is 2.06. The molecule has 0 bridgehead atoms. The first-order chi connectivity index (χ1) is 8.76. The molecular formula is C18H13. The van der Waals surface area contributed by atoms with Crippen LogP contribution in [0.3, 0.4) is 0 Å². The van der Waals surface area contributed by atoms with Crippen molar-refractivity contribution in [1.82, 2.24) is 0 Å². The Balaban J connectivity index is 3.68. The van der Waals surface area contributed by atoms with Gasteiger partial charge < -0.3 is 0 Å². The van der Waals surface area contributed by atoms with Gasteiger partial charge in [-0.15, -0.1) is 23.7 Å². The number of hydrogen-bond acceptors (Lipinski definition) is 0. The van der Waals surface area contributed by atoms with E-state index in [1.165, 1.54) is 0 Å². The lowest BCUT2D eigenvalue weighted by Gasteiger charge is -2.02. The Labute approximate surface area is 110 Å². The molecule has 0 aromatic heterocycles. The summed E-state index contributed by atoms with van der Waals surface area (Å²) in [7, 11) is 0. The van der Waals surface area contributed by atoms with Gasteiger partial charge in [-0.3, -0.25) is 0 Å². The fraction of sp³-hybridized carbons (Fsp3) is 0.222. The normalized spacial score (nSPS) is 7.33. The molecule has 0 heterocycles. The van der Waals surface area contributed by atoms with Crippen LogP contribution >= 0.6 is 0 Å². The van der Waals surface area contributed by atoms with Gasteiger partial charge in [0.2, 0.25) is 0 Å². The highest BCUT2D eigenvalue weighted by Crippen LogP contribution is 2.15. The van der Waals surface area contributed by atoms with Crippen molar-refractivity contribution in [2.75, 3.05) is 0 Å². The van der Waals surface area contributed by atoms with Crippen LogP contribution in [0.1, 0.15) is 49.9 Å². The van der Waals surface area contributed by atoms with Crippen molar-refractivity contribution in [3.05, 3.63) is 34.4 Å². The Morgan fingerprint density at radius 3 is 1.94 bits per heavy atom. The van der Waals surface area contributed by atoms with Gasteiger partial charge in [-0.25, -0.2) is 0 Å². The molecule has 1 rings (SSSR count). The molecule has 0 amide bonds. The van der Waals surface area contributed by atoms with Gasteiger partial charge in [-0.1, -0.05) is 23.7 Å². The van der Waals surface area contributed by atoms with Gasteiger partial charge in [-0.05, 0) is 33.8 Å². The van der Waals surface area contributed by atoms with Crippen molar-refractivity contribution in [2.45, 2.75) is 27.7 Å². The molecular weight excluding hydrogens is 216 g/mol. The third kappa shape index (κ3) is 3.22. The largest absolute Gasteiger partial charge is 0.101 e. The smallest absolute Gasteiger partial charge is 0.0565 e. The van der Waals surface area contributed by atoms with E-state index in [0.29, 0.717) is 0 Å². The predicted molar refractivity (Wildman–Crippen MR) is 75.5 cm³/mol. The van der Waals surface area contributed by atoms with Crippen LogP contribution < -0.4 is 0 Å². The minimum absolute atomic E-state index is 0.768. The highest BCUT2D eigenvalue weighted by atomic mass is 14.1. The molecule has 0 unspecified atom stereocenters. The van der Waals surface area contributed by atoms with Crippen molar-refractivity contribution in [3.8, 4) is 47.4 Å². The first-order valence-electron chi connectivity index (χ1n) is 5.58. The average molecular weight is 229 g/mol. The monoisotopic (exact) mass is 229 g/mol. The standard InChI is InChI=1S/C18H13/c1-5-9-15-13-16(10-6-2)18(12-8-4)17(14-15)11-7-3/h13H,1-4H3. The molecule has 0 saturated heterocycles. The summed E-state index contributed by atoms with van der Waals surface area (Å²) in [4.78, 5) is 0. The molecule has 0 spiro atoms. The molecule has 0 aliphatic heterocycles. The zero-order valence-electron chi connectivity index (χ0n) is 11.1. The molecule has 0 nitrogen and oxygen atoms in total. The average Bonchev–Trinajstić information content (AvgIpc) is 2.34. The summed E-state index contributed by atoms with van der Waals surface area (Å²) in [6.45, 7) is 7.19. The first kappa shape index (κ1) is 13.5. The summed E-state index contributed by atoms with van der Waals surface area (Å²) in [5, 5.41) is 0. The number of hydrogen-bond donors (Lipinski definition) is 0. The van der Waals surface area contributed by atoms with Gasteiger partial charge in [0, 0.05) is 17.2 Å².